The summed E-state index contributed by atoms with van der Waals surface area (Å²) in [6, 6.07) is 3.03. The van der Waals surface area contributed by atoms with Crippen molar-refractivity contribution in [3.05, 3.63) is 33.0 Å². The fraction of sp³-hybridized carbons (Fsp3) is 0.333. The molecule has 0 fully saturated rings. The van der Waals surface area contributed by atoms with Crippen molar-refractivity contribution in [1.29, 1.82) is 0 Å². The maximum Gasteiger partial charge on any atom is 0.158 e. The minimum absolute atomic E-state index is 0.0517. The first kappa shape index (κ1) is 13.5. The van der Waals surface area contributed by atoms with Gasteiger partial charge in [-0.3, -0.25) is 0 Å². The van der Waals surface area contributed by atoms with Crippen LogP contribution in [0.3, 0.4) is 0 Å². The van der Waals surface area contributed by atoms with Gasteiger partial charge in [-0.1, -0.05) is 36.8 Å². The van der Waals surface area contributed by atoms with Crippen LogP contribution in [0.4, 0.5) is 4.39 Å². The van der Waals surface area contributed by atoms with Gasteiger partial charge >= 0.3 is 0 Å². The predicted molar refractivity (Wildman–Crippen MR) is 68.9 cm³/mol. The summed E-state index contributed by atoms with van der Waals surface area (Å²) in [7, 11) is 0. The zero-order valence-corrected chi connectivity index (χ0v) is 11.2. The minimum Gasteiger partial charge on any atom is -0.318 e. The Kier molecular flexibility index (Phi) is 5.27. The van der Waals surface area contributed by atoms with Crippen molar-refractivity contribution in [3.8, 4) is 11.8 Å². The second-order valence-corrected chi connectivity index (χ2v) is 4.62. The van der Waals surface area contributed by atoms with Crippen LogP contribution >= 0.6 is 27.5 Å². The lowest BCUT2D eigenvalue weighted by Crippen LogP contribution is -2.16. The SMILES string of the molecule is CCCC(N)C#Cc1ccc(Br)c(Cl)c1F. The molecule has 0 heterocycles. The van der Waals surface area contributed by atoms with Gasteiger partial charge in [-0.15, -0.1) is 0 Å². The van der Waals surface area contributed by atoms with Gasteiger partial charge in [0.1, 0.15) is 0 Å². The Morgan fingerprint density at radius 2 is 2.25 bits per heavy atom. The first-order valence-corrected chi connectivity index (χ1v) is 6.14. The summed E-state index contributed by atoms with van der Waals surface area (Å²) in [4.78, 5) is 0. The van der Waals surface area contributed by atoms with E-state index in [4.69, 9.17) is 17.3 Å². The molecule has 1 unspecified atom stereocenters. The van der Waals surface area contributed by atoms with Gasteiger partial charge in [-0.05, 0) is 34.5 Å². The molecule has 0 bridgehead atoms. The molecule has 1 aromatic rings. The summed E-state index contributed by atoms with van der Waals surface area (Å²) in [5.74, 6) is 5.00. The monoisotopic (exact) mass is 303 g/mol. The van der Waals surface area contributed by atoms with Crippen LogP contribution in [0.25, 0.3) is 0 Å². The van der Waals surface area contributed by atoms with E-state index >= 15 is 0 Å². The number of rotatable bonds is 2. The van der Waals surface area contributed by atoms with Crippen molar-refractivity contribution >= 4 is 27.5 Å². The summed E-state index contributed by atoms with van der Waals surface area (Å²) in [6.07, 6.45) is 1.76. The molecule has 0 aliphatic rings. The van der Waals surface area contributed by atoms with Gasteiger partial charge in [0.15, 0.2) is 5.82 Å². The van der Waals surface area contributed by atoms with Crippen LogP contribution in [-0.4, -0.2) is 6.04 Å². The molecule has 0 spiro atoms. The van der Waals surface area contributed by atoms with Crippen LogP contribution in [0.2, 0.25) is 5.02 Å². The number of benzene rings is 1. The Morgan fingerprint density at radius 3 is 2.88 bits per heavy atom. The van der Waals surface area contributed by atoms with Gasteiger partial charge in [0.2, 0.25) is 0 Å². The molecule has 86 valence electrons. The molecule has 4 heteroatoms. The third-order valence-electron chi connectivity index (χ3n) is 2.03. The minimum atomic E-state index is -0.507. The van der Waals surface area contributed by atoms with Crippen molar-refractivity contribution in [2.75, 3.05) is 0 Å². The number of hydrogen-bond donors (Lipinski definition) is 1. The van der Waals surface area contributed by atoms with Crippen LogP contribution < -0.4 is 5.73 Å². The van der Waals surface area contributed by atoms with Gasteiger partial charge in [-0.2, -0.15) is 0 Å². The van der Waals surface area contributed by atoms with E-state index in [1.807, 2.05) is 6.92 Å². The number of hydrogen-bond acceptors (Lipinski definition) is 1. The normalized spacial score (nSPS) is 11.8. The van der Waals surface area contributed by atoms with Crippen molar-refractivity contribution in [3.63, 3.8) is 0 Å². The topological polar surface area (TPSA) is 26.0 Å². The van der Waals surface area contributed by atoms with Gasteiger partial charge < -0.3 is 5.73 Å². The van der Waals surface area contributed by atoms with E-state index in [-0.39, 0.29) is 16.6 Å². The van der Waals surface area contributed by atoms with E-state index in [2.05, 4.69) is 27.8 Å². The Hall–Kier alpha value is -0.560. The molecule has 1 aromatic carbocycles. The lowest BCUT2D eigenvalue weighted by atomic mass is 10.1. The van der Waals surface area contributed by atoms with E-state index < -0.39 is 5.82 Å². The zero-order valence-electron chi connectivity index (χ0n) is 8.86. The molecule has 16 heavy (non-hydrogen) atoms. The van der Waals surface area contributed by atoms with Crippen molar-refractivity contribution in [2.24, 2.45) is 5.73 Å². The van der Waals surface area contributed by atoms with Crippen LogP contribution in [0.5, 0.6) is 0 Å². The second kappa shape index (κ2) is 6.24. The van der Waals surface area contributed by atoms with E-state index in [0.717, 1.165) is 12.8 Å². The van der Waals surface area contributed by atoms with Gasteiger partial charge in [0.05, 0.1) is 16.6 Å². The second-order valence-electron chi connectivity index (χ2n) is 3.39. The molecular weight excluding hydrogens is 292 g/mol. The van der Waals surface area contributed by atoms with Crippen molar-refractivity contribution in [2.45, 2.75) is 25.8 Å². The van der Waals surface area contributed by atoms with Crippen LogP contribution in [0.1, 0.15) is 25.3 Å². The first-order valence-electron chi connectivity index (χ1n) is 4.96. The Labute approximate surface area is 108 Å². The highest BCUT2D eigenvalue weighted by Crippen LogP contribution is 2.27. The van der Waals surface area contributed by atoms with E-state index in [1.165, 1.54) is 0 Å². The Morgan fingerprint density at radius 1 is 1.56 bits per heavy atom. The molecule has 0 amide bonds. The third-order valence-corrected chi connectivity index (χ3v) is 3.29. The van der Waals surface area contributed by atoms with Gasteiger partial charge in [-0.25, -0.2) is 4.39 Å². The average Bonchev–Trinajstić information content (AvgIpc) is 2.25. The van der Waals surface area contributed by atoms with Gasteiger partial charge in [0, 0.05) is 4.47 Å². The fourth-order valence-corrected chi connectivity index (χ4v) is 1.65. The molecule has 2 N–H and O–H groups in total. The van der Waals surface area contributed by atoms with Gasteiger partial charge in [0.25, 0.3) is 0 Å². The van der Waals surface area contributed by atoms with Crippen LogP contribution in [0.15, 0.2) is 16.6 Å². The summed E-state index contributed by atoms with van der Waals surface area (Å²) < 4.78 is 14.1. The Balaban J connectivity index is 2.94. The Bertz CT molecular complexity index is 437. The fourth-order valence-electron chi connectivity index (χ4n) is 1.18. The maximum atomic E-state index is 13.6. The number of halogens is 3. The van der Waals surface area contributed by atoms with Crippen molar-refractivity contribution < 1.29 is 4.39 Å². The highest BCUT2D eigenvalue weighted by Gasteiger charge is 2.08. The quantitative estimate of drug-likeness (QED) is 0.654. The van der Waals surface area contributed by atoms with E-state index in [1.54, 1.807) is 12.1 Å². The standard InChI is InChI=1S/C12H12BrClFN/c1-2-3-9(16)6-4-8-5-7-10(13)11(14)12(8)15/h5,7,9H,2-3,16H2,1H3. The first-order chi connectivity index (χ1) is 7.56. The highest BCUT2D eigenvalue weighted by atomic mass is 79.9. The zero-order chi connectivity index (χ0) is 12.1. The summed E-state index contributed by atoms with van der Waals surface area (Å²) >= 11 is 8.88. The third kappa shape index (κ3) is 3.48. The molecule has 0 aliphatic heterocycles. The highest BCUT2D eigenvalue weighted by molar-refractivity contribution is 9.10. The molecule has 1 atom stereocenters. The smallest absolute Gasteiger partial charge is 0.158 e. The molecule has 0 aliphatic carbocycles. The summed E-state index contributed by atoms with van der Waals surface area (Å²) in [6.45, 7) is 2.03. The molecular formula is C12H12BrClFN. The maximum absolute atomic E-state index is 13.6. The molecule has 0 saturated heterocycles. The molecule has 1 rings (SSSR count). The largest absolute Gasteiger partial charge is 0.318 e. The molecule has 1 nitrogen and oxygen atoms in total. The van der Waals surface area contributed by atoms with E-state index in [0.29, 0.717) is 4.47 Å². The lowest BCUT2D eigenvalue weighted by molar-refractivity contribution is 0.624. The molecule has 0 aromatic heterocycles. The molecule has 0 radical (unpaired) electrons. The lowest BCUT2D eigenvalue weighted by Gasteiger charge is -2.01. The summed E-state index contributed by atoms with van der Waals surface area (Å²) in [5, 5.41) is 0.0517. The van der Waals surface area contributed by atoms with Crippen LogP contribution in [-0.2, 0) is 0 Å². The van der Waals surface area contributed by atoms with Crippen LogP contribution in [0, 0.1) is 17.7 Å². The number of nitrogens with two attached hydrogens (primary N) is 1. The average molecular weight is 305 g/mol. The van der Waals surface area contributed by atoms with Crippen molar-refractivity contribution in [1.82, 2.24) is 0 Å². The predicted octanol–water partition coefficient (Wildman–Crippen LogP) is 3.72. The summed E-state index contributed by atoms with van der Waals surface area (Å²) in [5.41, 5.74) is 5.99. The molecule has 0 saturated carbocycles. The van der Waals surface area contributed by atoms with E-state index in [9.17, 15) is 4.39 Å².